The largest absolute Gasteiger partial charge is 0.496 e. The van der Waals surface area contributed by atoms with Crippen LogP contribution in [-0.4, -0.2) is 63.8 Å². The van der Waals surface area contributed by atoms with E-state index in [0.29, 0.717) is 25.9 Å². The molecule has 0 bridgehead atoms. The number of benzene rings is 2. The van der Waals surface area contributed by atoms with Gasteiger partial charge in [0.15, 0.2) is 0 Å². The second-order valence-electron chi connectivity index (χ2n) is 7.84. The second-order valence-corrected chi connectivity index (χ2v) is 9.98. The molecule has 1 saturated heterocycles. The van der Waals surface area contributed by atoms with Crippen molar-refractivity contribution in [3.63, 3.8) is 0 Å². The highest BCUT2D eigenvalue weighted by atomic mass is 32.2. The summed E-state index contributed by atoms with van der Waals surface area (Å²) in [6.07, 6.45) is 1.05. The third kappa shape index (κ3) is 4.73. The summed E-state index contributed by atoms with van der Waals surface area (Å²) in [5, 5.41) is 2.86. The maximum Gasteiger partial charge on any atom is 0.281 e. The van der Waals surface area contributed by atoms with Crippen LogP contribution in [0.2, 0.25) is 0 Å². The monoisotopic (exact) mass is 449 g/mol. The average Bonchev–Trinajstić information content (AvgIpc) is 2.78. The molecule has 9 heteroatoms. The Morgan fingerprint density at radius 3 is 2.35 bits per heavy atom. The van der Waals surface area contributed by atoms with Gasteiger partial charge in [-0.1, -0.05) is 36.4 Å². The standard InChI is InChI=1S/C22H28FN3O4S/c1-25(2)31(28,29)26-14-12-22(13-15-26,17-8-5-4-6-9-17)16-24-21(27)20-18(23)10-7-11-19(20)30-3/h4-11H,12-16H2,1-3H3,(H,24,27). The molecule has 7 nitrogen and oxygen atoms in total. The van der Waals surface area contributed by atoms with Gasteiger partial charge in [-0.05, 0) is 30.5 Å². The Kier molecular flexibility index (Phi) is 6.98. The fourth-order valence-electron chi connectivity index (χ4n) is 3.97. The minimum Gasteiger partial charge on any atom is -0.496 e. The predicted octanol–water partition coefficient (Wildman–Crippen LogP) is 2.40. The number of nitrogens with zero attached hydrogens (tertiary/aromatic N) is 2. The molecule has 168 valence electrons. The van der Waals surface area contributed by atoms with E-state index in [9.17, 15) is 17.6 Å². The van der Waals surface area contributed by atoms with Crippen molar-refractivity contribution in [2.24, 2.45) is 0 Å². The first-order chi connectivity index (χ1) is 14.7. The summed E-state index contributed by atoms with van der Waals surface area (Å²) in [5.41, 5.74) is 0.409. The summed E-state index contributed by atoms with van der Waals surface area (Å²) in [6.45, 7) is 0.909. The van der Waals surface area contributed by atoms with Gasteiger partial charge in [0.05, 0.1) is 7.11 Å². The van der Waals surface area contributed by atoms with Crippen LogP contribution in [0.3, 0.4) is 0 Å². The number of piperidine rings is 1. The van der Waals surface area contributed by atoms with Crippen LogP contribution >= 0.6 is 0 Å². The van der Waals surface area contributed by atoms with Crippen LogP contribution in [0.5, 0.6) is 5.75 Å². The Balaban J connectivity index is 1.83. The molecule has 1 aliphatic heterocycles. The molecule has 1 aliphatic rings. The van der Waals surface area contributed by atoms with E-state index >= 15 is 0 Å². The van der Waals surface area contributed by atoms with E-state index in [1.54, 1.807) is 0 Å². The van der Waals surface area contributed by atoms with Gasteiger partial charge in [-0.3, -0.25) is 4.79 Å². The number of hydrogen-bond donors (Lipinski definition) is 1. The zero-order chi connectivity index (χ0) is 22.6. The van der Waals surface area contributed by atoms with E-state index in [4.69, 9.17) is 4.74 Å². The van der Waals surface area contributed by atoms with Gasteiger partial charge < -0.3 is 10.1 Å². The third-order valence-electron chi connectivity index (χ3n) is 5.86. The first-order valence-corrected chi connectivity index (χ1v) is 11.4. The molecular formula is C22H28FN3O4S. The molecule has 0 spiro atoms. The van der Waals surface area contributed by atoms with Crippen LogP contribution in [0.1, 0.15) is 28.8 Å². The summed E-state index contributed by atoms with van der Waals surface area (Å²) in [6, 6.07) is 13.9. The van der Waals surface area contributed by atoms with E-state index in [2.05, 4.69) is 5.32 Å². The van der Waals surface area contributed by atoms with Crippen molar-refractivity contribution >= 4 is 16.1 Å². The summed E-state index contributed by atoms with van der Waals surface area (Å²) < 4.78 is 47.1. The maximum absolute atomic E-state index is 14.3. The predicted molar refractivity (Wildman–Crippen MR) is 117 cm³/mol. The fourth-order valence-corrected chi connectivity index (χ4v) is 5.07. The number of carbonyl (C=O) groups excluding carboxylic acids is 1. The molecule has 1 fully saturated rings. The second kappa shape index (κ2) is 9.33. The Morgan fingerprint density at radius 2 is 1.77 bits per heavy atom. The normalized spacial score (nSPS) is 16.8. The summed E-state index contributed by atoms with van der Waals surface area (Å²) in [5.74, 6) is -1.05. The van der Waals surface area contributed by atoms with Gasteiger partial charge in [-0.15, -0.1) is 0 Å². The van der Waals surface area contributed by atoms with E-state index in [0.717, 1.165) is 5.56 Å². The van der Waals surface area contributed by atoms with Crippen LogP contribution in [0.25, 0.3) is 0 Å². The van der Waals surface area contributed by atoms with Crippen LogP contribution in [-0.2, 0) is 15.6 Å². The van der Waals surface area contributed by atoms with Crippen molar-refractivity contribution in [1.29, 1.82) is 0 Å². The first kappa shape index (κ1) is 23.2. The Labute approximate surface area is 183 Å². The molecule has 0 aromatic heterocycles. The molecule has 1 heterocycles. The van der Waals surface area contributed by atoms with Crippen LogP contribution < -0.4 is 10.1 Å². The molecule has 2 aromatic rings. The number of hydrogen-bond acceptors (Lipinski definition) is 4. The number of rotatable bonds is 7. The van der Waals surface area contributed by atoms with Crippen molar-refractivity contribution in [3.8, 4) is 5.75 Å². The molecule has 3 rings (SSSR count). The number of carbonyl (C=O) groups is 1. The van der Waals surface area contributed by atoms with Gasteiger partial charge >= 0.3 is 0 Å². The van der Waals surface area contributed by atoms with Crippen molar-refractivity contribution in [3.05, 3.63) is 65.5 Å². The lowest BCUT2D eigenvalue weighted by atomic mass is 9.73. The molecule has 2 aromatic carbocycles. The molecule has 0 saturated carbocycles. The molecular weight excluding hydrogens is 421 g/mol. The average molecular weight is 450 g/mol. The Bertz CT molecular complexity index is 1020. The quantitative estimate of drug-likeness (QED) is 0.704. The lowest BCUT2D eigenvalue weighted by molar-refractivity contribution is 0.0925. The minimum absolute atomic E-state index is 0.138. The number of methoxy groups -OCH3 is 1. The Morgan fingerprint density at radius 1 is 1.13 bits per heavy atom. The molecule has 1 amide bonds. The fraction of sp³-hybridized carbons (Fsp3) is 0.409. The Hall–Kier alpha value is -2.49. The first-order valence-electron chi connectivity index (χ1n) is 10.0. The molecule has 0 radical (unpaired) electrons. The highest BCUT2D eigenvalue weighted by Crippen LogP contribution is 2.36. The van der Waals surface area contributed by atoms with Gasteiger partial charge in [-0.25, -0.2) is 4.39 Å². The van der Waals surface area contributed by atoms with E-state index in [-0.39, 0.29) is 17.9 Å². The van der Waals surface area contributed by atoms with Crippen molar-refractivity contribution < 1.29 is 22.3 Å². The lowest BCUT2D eigenvalue weighted by Crippen LogP contribution is -2.52. The van der Waals surface area contributed by atoms with Gasteiger partial charge in [0, 0.05) is 39.1 Å². The molecule has 0 unspecified atom stereocenters. The number of amides is 1. The lowest BCUT2D eigenvalue weighted by Gasteiger charge is -2.42. The van der Waals surface area contributed by atoms with Gasteiger partial charge in [-0.2, -0.15) is 17.0 Å². The van der Waals surface area contributed by atoms with Crippen LogP contribution in [0, 0.1) is 5.82 Å². The molecule has 1 N–H and O–H groups in total. The summed E-state index contributed by atoms with van der Waals surface area (Å²) in [4.78, 5) is 12.8. The third-order valence-corrected chi connectivity index (χ3v) is 7.80. The van der Waals surface area contributed by atoms with Gasteiger partial charge in [0.1, 0.15) is 17.1 Å². The van der Waals surface area contributed by atoms with Crippen LogP contribution in [0.15, 0.2) is 48.5 Å². The number of nitrogens with one attached hydrogen (secondary N) is 1. The molecule has 0 aliphatic carbocycles. The van der Waals surface area contributed by atoms with Gasteiger partial charge in [0.2, 0.25) is 0 Å². The van der Waals surface area contributed by atoms with E-state index in [1.165, 1.54) is 48.0 Å². The summed E-state index contributed by atoms with van der Waals surface area (Å²) in [7, 11) is 0.899. The van der Waals surface area contributed by atoms with Crippen molar-refractivity contribution in [2.45, 2.75) is 18.3 Å². The minimum atomic E-state index is -3.51. The highest BCUT2D eigenvalue weighted by Gasteiger charge is 2.40. The van der Waals surface area contributed by atoms with Crippen molar-refractivity contribution in [1.82, 2.24) is 13.9 Å². The maximum atomic E-state index is 14.3. The van der Waals surface area contributed by atoms with Crippen molar-refractivity contribution in [2.75, 3.05) is 40.8 Å². The topological polar surface area (TPSA) is 79.0 Å². The summed E-state index contributed by atoms with van der Waals surface area (Å²) >= 11 is 0. The smallest absolute Gasteiger partial charge is 0.281 e. The molecule has 0 atom stereocenters. The number of halogens is 1. The zero-order valence-corrected chi connectivity index (χ0v) is 18.8. The zero-order valence-electron chi connectivity index (χ0n) is 18.0. The molecule has 31 heavy (non-hydrogen) atoms. The van der Waals surface area contributed by atoms with Gasteiger partial charge in [0.25, 0.3) is 16.1 Å². The number of ether oxygens (including phenoxy) is 1. The van der Waals surface area contributed by atoms with E-state index in [1.807, 2.05) is 30.3 Å². The van der Waals surface area contributed by atoms with E-state index < -0.39 is 27.3 Å². The highest BCUT2D eigenvalue weighted by molar-refractivity contribution is 7.86. The van der Waals surface area contributed by atoms with Crippen LogP contribution in [0.4, 0.5) is 4.39 Å². The SMILES string of the molecule is COc1cccc(F)c1C(=O)NCC1(c2ccccc2)CCN(S(=O)(=O)N(C)C)CC1.